The fourth-order valence-electron chi connectivity index (χ4n) is 1.09. The van der Waals surface area contributed by atoms with Crippen LogP contribution in [0.25, 0.3) is 0 Å². The van der Waals surface area contributed by atoms with Crippen molar-refractivity contribution in [2.75, 3.05) is 13.2 Å². The Morgan fingerprint density at radius 2 is 1.75 bits per heavy atom. The molecule has 72 valence electrons. The first kappa shape index (κ1) is 11.6. The highest BCUT2D eigenvalue weighted by Crippen LogP contribution is 2.17. The zero-order valence-electron chi connectivity index (χ0n) is 8.22. The highest BCUT2D eigenvalue weighted by atomic mass is 16.5. The maximum Gasteiger partial charge on any atom is 0.149 e. The van der Waals surface area contributed by atoms with Crippen LogP contribution in [0, 0.1) is 0 Å². The smallest absolute Gasteiger partial charge is 0.149 e. The van der Waals surface area contributed by atoms with Crippen molar-refractivity contribution in [3.8, 4) is 0 Å². The molecule has 1 fully saturated rings. The quantitative estimate of drug-likeness (QED) is 0.646. The Morgan fingerprint density at radius 1 is 1.33 bits per heavy atom. The summed E-state index contributed by atoms with van der Waals surface area (Å²) in [7, 11) is 0. The van der Waals surface area contributed by atoms with E-state index in [2.05, 4.69) is 0 Å². The van der Waals surface area contributed by atoms with E-state index in [1.807, 2.05) is 13.8 Å². The molecule has 2 N–H and O–H groups in total. The number of carbonyl (C=O) groups is 1. The molecule has 0 saturated carbocycles. The first-order valence-corrected chi connectivity index (χ1v) is 4.53. The molecule has 0 aromatic carbocycles. The van der Waals surface area contributed by atoms with Gasteiger partial charge in [-0.3, -0.25) is 4.79 Å². The molecule has 0 aromatic rings. The standard InChI is InChI=1S/C7H13NO2.C2H6/c1-6(9)7(8)2-4-10-5-3-7;1-2/h2-5,8H2,1H3;1-2H3. The third kappa shape index (κ3) is 2.91. The van der Waals surface area contributed by atoms with Crippen molar-refractivity contribution >= 4 is 5.78 Å². The topological polar surface area (TPSA) is 52.3 Å². The highest BCUT2D eigenvalue weighted by Gasteiger charge is 2.32. The van der Waals surface area contributed by atoms with Crippen molar-refractivity contribution in [2.45, 2.75) is 39.2 Å². The van der Waals surface area contributed by atoms with Crippen LogP contribution < -0.4 is 5.73 Å². The normalized spacial score (nSPS) is 20.7. The minimum atomic E-state index is -0.585. The van der Waals surface area contributed by atoms with Gasteiger partial charge < -0.3 is 10.5 Å². The first-order chi connectivity index (χ1) is 5.65. The first-order valence-electron chi connectivity index (χ1n) is 4.53. The fourth-order valence-corrected chi connectivity index (χ4v) is 1.09. The van der Waals surface area contributed by atoms with Crippen molar-refractivity contribution in [1.29, 1.82) is 0 Å². The van der Waals surface area contributed by atoms with Gasteiger partial charge in [0.15, 0.2) is 0 Å². The lowest BCUT2D eigenvalue weighted by atomic mass is 9.88. The average molecular weight is 173 g/mol. The summed E-state index contributed by atoms with van der Waals surface area (Å²) in [5.74, 6) is 0.0794. The predicted octanol–water partition coefficient (Wildman–Crippen LogP) is 1.11. The Bertz CT molecular complexity index is 139. The minimum Gasteiger partial charge on any atom is -0.381 e. The van der Waals surface area contributed by atoms with Crippen LogP contribution >= 0.6 is 0 Å². The molecule has 1 aliphatic rings. The van der Waals surface area contributed by atoms with Gasteiger partial charge in [-0.2, -0.15) is 0 Å². The van der Waals surface area contributed by atoms with Crippen molar-refractivity contribution < 1.29 is 9.53 Å². The van der Waals surface area contributed by atoms with Crippen LogP contribution in [0.2, 0.25) is 0 Å². The molecule has 0 atom stereocenters. The molecule has 3 nitrogen and oxygen atoms in total. The van der Waals surface area contributed by atoms with E-state index in [1.54, 1.807) is 6.92 Å². The second-order valence-electron chi connectivity index (χ2n) is 2.82. The number of nitrogens with two attached hydrogens (primary N) is 1. The second kappa shape index (κ2) is 5.27. The molecule has 3 heteroatoms. The summed E-state index contributed by atoms with van der Waals surface area (Å²) in [6, 6.07) is 0. The summed E-state index contributed by atoms with van der Waals surface area (Å²) in [5, 5.41) is 0. The average Bonchev–Trinajstić information content (AvgIpc) is 2.09. The molecule has 1 saturated heterocycles. The van der Waals surface area contributed by atoms with E-state index < -0.39 is 5.54 Å². The summed E-state index contributed by atoms with van der Waals surface area (Å²) in [6.07, 6.45) is 1.34. The van der Waals surface area contributed by atoms with Gasteiger partial charge in [0.2, 0.25) is 0 Å². The van der Waals surface area contributed by atoms with E-state index in [0.29, 0.717) is 26.1 Å². The Morgan fingerprint density at radius 3 is 2.00 bits per heavy atom. The maximum absolute atomic E-state index is 10.9. The molecule has 0 radical (unpaired) electrons. The SMILES string of the molecule is CC.CC(=O)C1(N)CCOCC1. The zero-order chi connectivity index (χ0) is 9.61. The molecule has 0 bridgehead atoms. The minimum absolute atomic E-state index is 0.0794. The largest absolute Gasteiger partial charge is 0.381 e. The number of hydrogen-bond donors (Lipinski definition) is 1. The Hall–Kier alpha value is -0.410. The van der Waals surface area contributed by atoms with Crippen LogP contribution in [-0.4, -0.2) is 24.5 Å². The van der Waals surface area contributed by atoms with Gasteiger partial charge in [0.05, 0.1) is 5.54 Å². The monoisotopic (exact) mass is 173 g/mol. The Balaban J connectivity index is 0.000000561. The van der Waals surface area contributed by atoms with E-state index in [1.165, 1.54) is 0 Å². The summed E-state index contributed by atoms with van der Waals surface area (Å²) in [6.45, 7) is 6.79. The lowest BCUT2D eigenvalue weighted by Crippen LogP contribution is -2.50. The lowest BCUT2D eigenvalue weighted by molar-refractivity contribution is -0.125. The Kier molecular flexibility index (Phi) is 5.09. The third-order valence-electron chi connectivity index (χ3n) is 2.09. The number of ketones is 1. The zero-order valence-corrected chi connectivity index (χ0v) is 8.22. The van der Waals surface area contributed by atoms with E-state index in [4.69, 9.17) is 10.5 Å². The van der Waals surface area contributed by atoms with Gasteiger partial charge in [-0.25, -0.2) is 0 Å². The van der Waals surface area contributed by atoms with Gasteiger partial charge in [0.1, 0.15) is 5.78 Å². The molecule has 1 heterocycles. The van der Waals surface area contributed by atoms with Crippen LogP contribution in [-0.2, 0) is 9.53 Å². The number of Topliss-reactive ketones (excluding diaryl/α,β-unsaturated/α-hetero) is 1. The van der Waals surface area contributed by atoms with Crippen molar-refractivity contribution in [1.82, 2.24) is 0 Å². The molecule has 0 spiro atoms. The van der Waals surface area contributed by atoms with Crippen LogP contribution in [0.4, 0.5) is 0 Å². The third-order valence-corrected chi connectivity index (χ3v) is 2.09. The van der Waals surface area contributed by atoms with Gasteiger partial charge in [0.25, 0.3) is 0 Å². The summed E-state index contributed by atoms with van der Waals surface area (Å²) in [5.41, 5.74) is 5.19. The van der Waals surface area contributed by atoms with Crippen molar-refractivity contribution in [2.24, 2.45) is 5.73 Å². The highest BCUT2D eigenvalue weighted by molar-refractivity contribution is 5.85. The molecule has 0 unspecified atom stereocenters. The van der Waals surface area contributed by atoms with E-state index in [0.717, 1.165) is 0 Å². The van der Waals surface area contributed by atoms with Crippen molar-refractivity contribution in [3.63, 3.8) is 0 Å². The molecule has 0 aliphatic carbocycles. The van der Waals surface area contributed by atoms with Crippen LogP contribution in [0.5, 0.6) is 0 Å². The molecule has 1 rings (SSSR count). The van der Waals surface area contributed by atoms with Crippen LogP contribution in [0.15, 0.2) is 0 Å². The van der Waals surface area contributed by atoms with E-state index in [9.17, 15) is 4.79 Å². The predicted molar refractivity (Wildman–Crippen MR) is 49.0 cm³/mol. The fraction of sp³-hybridized carbons (Fsp3) is 0.889. The van der Waals surface area contributed by atoms with Gasteiger partial charge in [-0.15, -0.1) is 0 Å². The molecule has 0 amide bonds. The number of carbonyl (C=O) groups excluding carboxylic acids is 1. The van der Waals surface area contributed by atoms with Crippen LogP contribution in [0.1, 0.15) is 33.6 Å². The maximum atomic E-state index is 10.9. The molecular weight excluding hydrogens is 154 g/mol. The Labute approximate surface area is 74.3 Å². The molecular formula is C9H19NO2. The van der Waals surface area contributed by atoms with Gasteiger partial charge in [-0.1, -0.05) is 13.8 Å². The summed E-state index contributed by atoms with van der Waals surface area (Å²) in [4.78, 5) is 10.9. The molecule has 0 aromatic heterocycles. The summed E-state index contributed by atoms with van der Waals surface area (Å²) >= 11 is 0. The second-order valence-corrected chi connectivity index (χ2v) is 2.82. The van der Waals surface area contributed by atoms with Gasteiger partial charge in [-0.05, 0) is 19.8 Å². The van der Waals surface area contributed by atoms with Gasteiger partial charge >= 0.3 is 0 Å². The number of hydrogen-bond acceptors (Lipinski definition) is 3. The molecule has 1 aliphatic heterocycles. The van der Waals surface area contributed by atoms with Gasteiger partial charge in [0, 0.05) is 13.2 Å². The number of ether oxygens (including phenoxy) is 1. The van der Waals surface area contributed by atoms with E-state index >= 15 is 0 Å². The lowest BCUT2D eigenvalue weighted by Gasteiger charge is -2.30. The summed E-state index contributed by atoms with van der Waals surface area (Å²) < 4.78 is 5.08. The van der Waals surface area contributed by atoms with E-state index in [-0.39, 0.29) is 5.78 Å². The van der Waals surface area contributed by atoms with Crippen LogP contribution in [0.3, 0.4) is 0 Å². The molecule has 12 heavy (non-hydrogen) atoms. The number of rotatable bonds is 1. The van der Waals surface area contributed by atoms with Crippen molar-refractivity contribution in [3.05, 3.63) is 0 Å².